The zero-order valence-corrected chi connectivity index (χ0v) is 24.7. The number of fused-ring (bicyclic) bond motifs is 1. The number of alkyl halides is 2. The number of hydrogen-bond donors (Lipinski definition) is 2. The number of halogens is 2. The van der Waals surface area contributed by atoms with Gasteiger partial charge < -0.3 is 29.7 Å². The van der Waals surface area contributed by atoms with Crippen molar-refractivity contribution < 1.29 is 33.0 Å². The van der Waals surface area contributed by atoms with Gasteiger partial charge in [-0.1, -0.05) is 19.9 Å². The van der Waals surface area contributed by atoms with Gasteiger partial charge in [0.2, 0.25) is 11.8 Å². The first kappa shape index (κ1) is 31.5. The summed E-state index contributed by atoms with van der Waals surface area (Å²) in [5, 5.41) is 14.1. The van der Waals surface area contributed by atoms with Gasteiger partial charge in [0.25, 0.3) is 0 Å². The molecule has 4 rings (SSSR count). The molecule has 230 valence electrons. The first-order valence-corrected chi connectivity index (χ1v) is 15.1. The van der Waals surface area contributed by atoms with Gasteiger partial charge in [0.1, 0.15) is 5.75 Å². The second-order valence-electron chi connectivity index (χ2n) is 12.9. The number of benzene rings is 1. The average Bonchev–Trinajstić information content (AvgIpc) is 2.94. The van der Waals surface area contributed by atoms with Crippen LogP contribution in [0.5, 0.6) is 5.75 Å². The molecule has 3 aliphatic rings. The predicted molar refractivity (Wildman–Crippen MR) is 153 cm³/mol. The smallest absolute Gasteiger partial charge is 0.321 e. The Kier molecular flexibility index (Phi) is 10.5. The summed E-state index contributed by atoms with van der Waals surface area (Å²) < 4.78 is 38.8. The highest BCUT2D eigenvalue weighted by molar-refractivity contribution is 5.89. The number of aliphatic hydroxyl groups is 1. The van der Waals surface area contributed by atoms with Crippen molar-refractivity contribution in [1.29, 1.82) is 0 Å². The van der Waals surface area contributed by atoms with Crippen LogP contribution in [-0.2, 0) is 9.53 Å². The number of rotatable bonds is 4. The molecule has 2 aliphatic heterocycles. The van der Waals surface area contributed by atoms with Crippen LogP contribution in [0.4, 0.5) is 19.3 Å². The first-order chi connectivity index (χ1) is 19.5. The number of carbonyl (C=O) groups excluding carboxylic acids is 2. The molecule has 3 fully saturated rings. The Morgan fingerprint density at radius 2 is 1.90 bits per heavy atom. The third-order valence-electron chi connectivity index (χ3n) is 9.24. The van der Waals surface area contributed by atoms with E-state index in [4.69, 9.17) is 9.47 Å². The molecule has 3 atom stereocenters. The van der Waals surface area contributed by atoms with Gasteiger partial charge in [-0.3, -0.25) is 4.79 Å². The average molecular weight is 580 g/mol. The van der Waals surface area contributed by atoms with Gasteiger partial charge in [-0.05, 0) is 62.0 Å². The number of β-amino-alcohol motifs (C(OH)–C–C–N with tert-alkyl or cyclic N) is 1. The van der Waals surface area contributed by atoms with Gasteiger partial charge in [-0.15, -0.1) is 0 Å². The summed E-state index contributed by atoms with van der Waals surface area (Å²) in [4.78, 5) is 30.5. The molecule has 0 spiro atoms. The van der Waals surface area contributed by atoms with Crippen LogP contribution in [0.3, 0.4) is 0 Å². The molecule has 0 bridgehead atoms. The highest BCUT2D eigenvalue weighted by Gasteiger charge is 2.39. The van der Waals surface area contributed by atoms with Crippen molar-refractivity contribution in [3.05, 3.63) is 24.3 Å². The Bertz CT molecular complexity index is 1030. The van der Waals surface area contributed by atoms with Gasteiger partial charge in [0.15, 0.2) is 0 Å². The zero-order chi connectivity index (χ0) is 29.6. The van der Waals surface area contributed by atoms with E-state index in [1.807, 2.05) is 36.9 Å². The quantitative estimate of drug-likeness (QED) is 0.498. The van der Waals surface area contributed by atoms with E-state index in [0.29, 0.717) is 70.0 Å². The van der Waals surface area contributed by atoms with Gasteiger partial charge in [-0.25, -0.2) is 13.6 Å². The molecule has 2 heterocycles. The number of nitrogens with one attached hydrogen (secondary N) is 1. The molecular weight excluding hydrogens is 532 g/mol. The predicted octanol–water partition coefficient (Wildman–Crippen LogP) is 5.41. The maximum Gasteiger partial charge on any atom is 0.321 e. The summed E-state index contributed by atoms with van der Waals surface area (Å²) in [5.41, 5.74) is 0.0980. The van der Waals surface area contributed by atoms with Gasteiger partial charge in [-0.2, -0.15) is 0 Å². The van der Waals surface area contributed by atoms with E-state index in [2.05, 4.69) is 5.32 Å². The Balaban J connectivity index is 1.45. The van der Waals surface area contributed by atoms with Crippen molar-refractivity contribution in [2.75, 3.05) is 51.8 Å². The lowest BCUT2D eigenvalue weighted by atomic mass is 9.80. The number of hydrogen-bond acceptors (Lipinski definition) is 5. The molecule has 0 unspecified atom stereocenters. The number of carbonyl (C=O) groups is 2. The van der Waals surface area contributed by atoms with Crippen molar-refractivity contribution in [1.82, 2.24) is 9.80 Å². The number of amides is 3. The fraction of sp³-hybridized carbons (Fsp3) is 0.742. The van der Waals surface area contributed by atoms with Crippen LogP contribution in [0.25, 0.3) is 0 Å². The molecule has 10 heteroatoms. The fourth-order valence-electron chi connectivity index (χ4n) is 6.32. The van der Waals surface area contributed by atoms with Crippen LogP contribution in [-0.4, -0.2) is 85.4 Å². The van der Waals surface area contributed by atoms with E-state index >= 15 is 0 Å². The van der Waals surface area contributed by atoms with Crippen LogP contribution < -0.4 is 10.1 Å². The molecule has 3 amide bonds. The normalized spacial score (nSPS) is 28.0. The van der Waals surface area contributed by atoms with Crippen LogP contribution in [0.15, 0.2) is 24.3 Å². The maximum absolute atomic E-state index is 13.8. The summed E-state index contributed by atoms with van der Waals surface area (Å²) in [6, 6.07) is 7.06. The monoisotopic (exact) mass is 579 g/mol. The number of anilines is 1. The van der Waals surface area contributed by atoms with Crippen molar-refractivity contribution >= 4 is 17.6 Å². The van der Waals surface area contributed by atoms with Crippen LogP contribution in [0.2, 0.25) is 0 Å². The SMILES string of the molecule is COc1cccc(NC(=O)N2CC[C@H]3CC(=O)N(CC4CCC(F)(F)CC4)C[C@H](O)C(C)(C)COCCC[C@H]3C2)c1. The number of nitrogens with zero attached hydrogens (tertiary/aromatic N) is 2. The van der Waals surface area contributed by atoms with E-state index < -0.39 is 17.4 Å². The third-order valence-corrected chi connectivity index (χ3v) is 9.24. The summed E-state index contributed by atoms with van der Waals surface area (Å²) in [7, 11) is 1.58. The number of ether oxygens (including phenoxy) is 2. The largest absolute Gasteiger partial charge is 0.497 e. The van der Waals surface area contributed by atoms with Crippen molar-refractivity contribution in [3.8, 4) is 5.75 Å². The van der Waals surface area contributed by atoms with E-state index in [9.17, 15) is 23.5 Å². The van der Waals surface area contributed by atoms with Crippen LogP contribution >= 0.6 is 0 Å². The number of likely N-dealkylation sites (tertiary alicyclic amines) is 1. The second-order valence-corrected chi connectivity index (χ2v) is 12.9. The minimum atomic E-state index is -2.63. The maximum atomic E-state index is 13.8. The number of methoxy groups -OCH3 is 1. The molecule has 1 aromatic carbocycles. The summed E-state index contributed by atoms with van der Waals surface area (Å²) in [6.07, 6.45) is 2.29. The molecule has 0 aromatic heterocycles. The number of piperidine rings is 1. The van der Waals surface area contributed by atoms with Crippen molar-refractivity contribution in [3.63, 3.8) is 0 Å². The van der Waals surface area contributed by atoms with Crippen molar-refractivity contribution in [2.24, 2.45) is 23.2 Å². The molecule has 1 aliphatic carbocycles. The zero-order valence-electron chi connectivity index (χ0n) is 24.7. The molecule has 1 saturated carbocycles. The third kappa shape index (κ3) is 8.77. The Morgan fingerprint density at radius 3 is 2.63 bits per heavy atom. The molecule has 8 nitrogen and oxygen atoms in total. The van der Waals surface area contributed by atoms with Crippen molar-refractivity contribution in [2.45, 2.75) is 77.2 Å². The van der Waals surface area contributed by atoms with E-state index in [0.717, 1.165) is 12.8 Å². The fourth-order valence-corrected chi connectivity index (χ4v) is 6.32. The van der Waals surface area contributed by atoms with E-state index in [-0.39, 0.29) is 49.1 Å². The molecule has 0 radical (unpaired) electrons. The first-order valence-electron chi connectivity index (χ1n) is 15.1. The topological polar surface area (TPSA) is 91.3 Å². The molecule has 2 N–H and O–H groups in total. The summed E-state index contributed by atoms with van der Waals surface area (Å²) in [5.74, 6) is -1.79. The Morgan fingerprint density at radius 1 is 1.15 bits per heavy atom. The Labute approximate surface area is 242 Å². The highest BCUT2D eigenvalue weighted by atomic mass is 19.3. The standard InChI is InChI=1S/C31H47F2N3O5/c1-30(2)21-41-15-5-6-24-19-35(29(39)34-25-7-4-8-26(17-25)40-3)14-11-23(24)16-28(38)36(20-27(30)37)18-22-9-12-31(32,33)13-10-22/h4,7-8,17,22-24,27,37H,5-6,9-16,18-21H2,1-3H3,(H,34,39)/t23-,24-,27-/m0/s1. The molecule has 41 heavy (non-hydrogen) atoms. The number of urea groups is 1. The minimum absolute atomic E-state index is 0.00114. The Hall–Kier alpha value is -2.46. The lowest BCUT2D eigenvalue weighted by molar-refractivity contribution is -0.137. The van der Waals surface area contributed by atoms with Gasteiger partial charge >= 0.3 is 6.03 Å². The van der Waals surface area contributed by atoms with Gasteiger partial charge in [0, 0.05) is 69.2 Å². The van der Waals surface area contributed by atoms with Crippen LogP contribution in [0, 0.1) is 23.2 Å². The summed E-state index contributed by atoms with van der Waals surface area (Å²) >= 11 is 0. The van der Waals surface area contributed by atoms with E-state index in [1.165, 1.54) is 0 Å². The lowest BCUT2D eigenvalue weighted by Crippen LogP contribution is -2.49. The minimum Gasteiger partial charge on any atom is -0.497 e. The summed E-state index contributed by atoms with van der Waals surface area (Å²) in [6.45, 7) is 6.38. The molecule has 1 aromatic rings. The number of aliphatic hydroxyl groups excluding tert-OH is 1. The molecule has 2 saturated heterocycles. The molecular formula is C31H47F2N3O5. The second kappa shape index (κ2) is 13.7. The van der Waals surface area contributed by atoms with Gasteiger partial charge in [0.05, 0.1) is 19.8 Å². The van der Waals surface area contributed by atoms with Crippen LogP contribution in [0.1, 0.15) is 65.2 Å². The lowest BCUT2D eigenvalue weighted by Gasteiger charge is -2.40. The highest BCUT2D eigenvalue weighted by Crippen LogP contribution is 2.37. The van der Waals surface area contributed by atoms with E-state index in [1.54, 1.807) is 18.1 Å².